The monoisotopic (exact) mass is 477 g/mol. The van der Waals surface area contributed by atoms with Crippen molar-refractivity contribution in [3.05, 3.63) is 96.8 Å². The predicted octanol–water partition coefficient (Wildman–Crippen LogP) is 4.57. The number of likely N-dealkylation sites (tertiary alicyclic amines) is 1. The Morgan fingerprint density at radius 1 is 0.722 bits per heavy atom. The molecule has 0 bridgehead atoms. The smallest absolute Gasteiger partial charge is 0.272 e. The zero-order chi connectivity index (χ0) is 24.3. The Labute approximate surface area is 210 Å². The number of carbonyl (C=O) groups is 1. The number of carbonyl (C=O) groups excluding carboxylic acids is 1. The van der Waals surface area contributed by atoms with E-state index in [-0.39, 0.29) is 5.91 Å². The maximum absolute atomic E-state index is 13.2. The van der Waals surface area contributed by atoms with Crippen molar-refractivity contribution in [2.45, 2.75) is 0 Å². The van der Waals surface area contributed by atoms with Crippen LogP contribution >= 0.6 is 0 Å². The second kappa shape index (κ2) is 9.65. The molecule has 4 aromatic rings. The molecule has 2 unspecified atom stereocenters. The van der Waals surface area contributed by atoms with Crippen molar-refractivity contribution >= 4 is 34.9 Å². The molecule has 2 aromatic carbocycles. The fourth-order valence-corrected chi connectivity index (χ4v) is 5.04. The number of aromatic nitrogens is 3. The van der Waals surface area contributed by atoms with Gasteiger partial charge in [0.1, 0.15) is 17.3 Å². The first-order valence-corrected chi connectivity index (χ1v) is 12.2. The molecule has 2 N–H and O–H groups in total. The highest BCUT2D eigenvalue weighted by Crippen LogP contribution is 2.34. The highest BCUT2D eigenvalue weighted by Gasteiger charge is 2.42. The van der Waals surface area contributed by atoms with E-state index in [9.17, 15) is 4.79 Å². The van der Waals surface area contributed by atoms with Crippen LogP contribution in [-0.4, -0.2) is 51.9 Å². The van der Waals surface area contributed by atoms with Gasteiger partial charge in [0, 0.05) is 55.6 Å². The number of benzene rings is 2. The molecule has 0 spiro atoms. The molecule has 2 aliphatic heterocycles. The van der Waals surface area contributed by atoms with Crippen LogP contribution in [-0.2, 0) is 0 Å². The number of hydrogen-bond donors (Lipinski definition) is 2. The first-order chi connectivity index (χ1) is 17.7. The van der Waals surface area contributed by atoms with Crippen LogP contribution in [0.15, 0.2) is 91.1 Å². The third-order valence-corrected chi connectivity index (χ3v) is 6.78. The van der Waals surface area contributed by atoms with Gasteiger partial charge in [0.2, 0.25) is 5.95 Å². The standard InChI is InChI=1S/C28H27N7O/c36-27(24-14-15-29-28(32-24)31-23-10-5-2-6-11-23)35-18-20-16-34(17-21(20)19-35)26-13-7-12-25(33-26)30-22-8-3-1-4-9-22/h1-15,20-21H,16-19H2,(H,30,33)(H,29,31,32). The third-order valence-electron chi connectivity index (χ3n) is 6.78. The van der Waals surface area contributed by atoms with E-state index in [1.165, 1.54) is 0 Å². The first-order valence-electron chi connectivity index (χ1n) is 12.2. The molecule has 8 nitrogen and oxygen atoms in total. The van der Waals surface area contributed by atoms with E-state index >= 15 is 0 Å². The molecule has 0 radical (unpaired) electrons. The Morgan fingerprint density at radius 3 is 2.08 bits per heavy atom. The van der Waals surface area contributed by atoms with Gasteiger partial charge in [-0.3, -0.25) is 4.79 Å². The van der Waals surface area contributed by atoms with Crippen LogP contribution in [0, 0.1) is 11.8 Å². The Kier molecular flexibility index (Phi) is 5.91. The minimum Gasteiger partial charge on any atom is -0.356 e. The number of pyridine rings is 1. The van der Waals surface area contributed by atoms with Gasteiger partial charge >= 0.3 is 0 Å². The SMILES string of the molecule is O=C(c1ccnc(Nc2ccccc2)n1)N1CC2CN(c3cccc(Nc4ccccc4)n3)CC2C1. The summed E-state index contributed by atoms with van der Waals surface area (Å²) >= 11 is 0. The van der Waals surface area contributed by atoms with E-state index in [0.717, 1.165) is 49.2 Å². The molecule has 36 heavy (non-hydrogen) atoms. The van der Waals surface area contributed by atoms with Crippen LogP contribution in [0.25, 0.3) is 0 Å². The Morgan fingerprint density at radius 2 is 1.39 bits per heavy atom. The molecule has 6 rings (SSSR count). The van der Waals surface area contributed by atoms with Crippen LogP contribution < -0.4 is 15.5 Å². The molecule has 180 valence electrons. The summed E-state index contributed by atoms with van der Waals surface area (Å²) in [7, 11) is 0. The summed E-state index contributed by atoms with van der Waals surface area (Å²) in [4.78, 5) is 31.1. The molecular formula is C28H27N7O. The van der Waals surface area contributed by atoms with E-state index in [2.05, 4.69) is 31.6 Å². The lowest BCUT2D eigenvalue weighted by Crippen LogP contribution is -2.34. The van der Waals surface area contributed by atoms with Gasteiger partial charge in [0.15, 0.2) is 0 Å². The lowest BCUT2D eigenvalue weighted by atomic mass is 10.0. The summed E-state index contributed by atoms with van der Waals surface area (Å²) in [5.41, 5.74) is 2.32. The van der Waals surface area contributed by atoms with E-state index in [1.54, 1.807) is 12.3 Å². The normalized spacial score (nSPS) is 18.7. The molecule has 2 aliphatic rings. The zero-order valence-corrected chi connectivity index (χ0v) is 19.8. The summed E-state index contributed by atoms with van der Waals surface area (Å²) in [6, 6.07) is 27.5. The van der Waals surface area contributed by atoms with Crippen LogP contribution in [0.2, 0.25) is 0 Å². The molecule has 2 saturated heterocycles. The Balaban J connectivity index is 1.08. The minimum atomic E-state index is -0.0401. The molecule has 8 heteroatoms. The van der Waals surface area contributed by atoms with Crippen molar-refractivity contribution in [2.75, 3.05) is 41.7 Å². The van der Waals surface area contributed by atoms with Crippen molar-refractivity contribution in [3.8, 4) is 0 Å². The highest BCUT2D eigenvalue weighted by molar-refractivity contribution is 5.92. The number of anilines is 5. The van der Waals surface area contributed by atoms with E-state index in [4.69, 9.17) is 4.98 Å². The summed E-state index contributed by atoms with van der Waals surface area (Å²) < 4.78 is 0. The molecular weight excluding hydrogens is 450 g/mol. The second-order valence-corrected chi connectivity index (χ2v) is 9.26. The van der Waals surface area contributed by atoms with Gasteiger partial charge in [0.25, 0.3) is 5.91 Å². The van der Waals surface area contributed by atoms with Crippen molar-refractivity contribution in [1.29, 1.82) is 0 Å². The number of nitrogens with one attached hydrogen (secondary N) is 2. The molecule has 4 heterocycles. The van der Waals surface area contributed by atoms with Crippen LogP contribution in [0.3, 0.4) is 0 Å². The summed E-state index contributed by atoms with van der Waals surface area (Å²) in [5, 5.41) is 6.53. The van der Waals surface area contributed by atoms with E-state index in [0.29, 0.717) is 23.5 Å². The number of rotatable bonds is 6. The largest absolute Gasteiger partial charge is 0.356 e. The van der Waals surface area contributed by atoms with Crippen LogP contribution in [0.4, 0.5) is 29.0 Å². The van der Waals surface area contributed by atoms with Crippen molar-refractivity contribution in [3.63, 3.8) is 0 Å². The summed E-state index contributed by atoms with van der Waals surface area (Å²) in [6.07, 6.45) is 1.63. The van der Waals surface area contributed by atoms with Gasteiger partial charge < -0.3 is 20.4 Å². The molecule has 2 atom stereocenters. The van der Waals surface area contributed by atoms with Crippen molar-refractivity contribution < 1.29 is 4.79 Å². The first kappa shape index (κ1) is 22.0. The molecule has 2 aromatic heterocycles. The average molecular weight is 478 g/mol. The van der Waals surface area contributed by atoms with Gasteiger partial charge in [-0.05, 0) is 42.5 Å². The van der Waals surface area contributed by atoms with Crippen LogP contribution in [0.1, 0.15) is 10.5 Å². The molecule has 0 saturated carbocycles. The fraction of sp³-hybridized carbons (Fsp3) is 0.214. The number of nitrogens with zero attached hydrogens (tertiary/aromatic N) is 5. The van der Waals surface area contributed by atoms with Crippen LogP contribution in [0.5, 0.6) is 0 Å². The number of para-hydroxylation sites is 2. The van der Waals surface area contributed by atoms with Gasteiger partial charge in [0.05, 0.1) is 0 Å². The fourth-order valence-electron chi connectivity index (χ4n) is 5.04. The lowest BCUT2D eigenvalue weighted by molar-refractivity contribution is 0.0776. The molecule has 1 amide bonds. The summed E-state index contributed by atoms with van der Waals surface area (Å²) in [6.45, 7) is 3.24. The lowest BCUT2D eigenvalue weighted by Gasteiger charge is -2.23. The van der Waals surface area contributed by atoms with Gasteiger partial charge in [-0.1, -0.05) is 42.5 Å². The van der Waals surface area contributed by atoms with E-state index < -0.39 is 0 Å². The maximum atomic E-state index is 13.2. The van der Waals surface area contributed by atoms with Crippen molar-refractivity contribution in [1.82, 2.24) is 19.9 Å². The Hall–Kier alpha value is -4.46. The summed E-state index contributed by atoms with van der Waals surface area (Å²) in [5.74, 6) is 3.02. The third kappa shape index (κ3) is 4.70. The zero-order valence-electron chi connectivity index (χ0n) is 19.8. The topological polar surface area (TPSA) is 86.3 Å². The van der Waals surface area contributed by atoms with Gasteiger partial charge in [-0.15, -0.1) is 0 Å². The van der Waals surface area contributed by atoms with Gasteiger partial charge in [-0.25, -0.2) is 15.0 Å². The van der Waals surface area contributed by atoms with Crippen molar-refractivity contribution in [2.24, 2.45) is 11.8 Å². The number of amides is 1. The Bertz CT molecular complexity index is 1330. The number of hydrogen-bond acceptors (Lipinski definition) is 7. The molecule has 2 fully saturated rings. The second-order valence-electron chi connectivity index (χ2n) is 9.26. The van der Waals surface area contributed by atoms with E-state index in [1.807, 2.05) is 77.7 Å². The average Bonchev–Trinajstić information content (AvgIpc) is 3.50. The maximum Gasteiger partial charge on any atom is 0.272 e. The minimum absolute atomic E-state index is 0.0401. The molecule has 0 aliphatic carbocycles. The number of fused-ring (bicyclic) bond motifs is 1. The van der Waals surface area contributed by atoms with Gasteiger partial charge in [-0.2, -0.15) is 0 Å². The highest BCUT2D eigenvalue weighted by atomic mass is 16.2. The predicted molar refractivity (Wildman–Crippen MR) is 141 cm³/mol. The quantitative estimate of drug-likeness (QED) is 0.421.